The zero-order valence-corrected chi connectivity index (χ0v) is 18.9. The van der Waals surface area contributed by atoms with Crippen LogP contribution in [-0.2, 0) is 11.2 Å². The fraction of sp³-hybridized carbons (Fsp3) is 0.375. The number of halogens is 1. The Labute approximate surface area is 200 Å². The normalized spacial score (nSPS) is 19.9. The monoisotopic (exact) mass is 480 g/mol. The minimum absolute atomic E-state index is 0.0325. The van der Waals surface area contributed by atoms with Gasteiger partial charge < -0.3 is 20.1 Å². The highest BCUT2D eigenvalue weighted by Gasteiger charge is 2.34. The third-order valence-electron chi connectivity index (χ3n) is 6.00. The molecule has 0 bridgehead atoms. The van der Waals surface area contributed by atoms with Crippen molar-refractivity contribution in [2.75, 3.05) is 13.1 Å². The average Bonchev–Trinajstić information content (AvgIpc) is 3.49. The molecule has 2 fully saturated rings. The molecule has 5 rings (SSSR count). The number of piperidine rings is 1. The van der Waals surface area contributed by atoms with Crippen molar-refractivity contribution in [3.8, 4) is 22.8 Å². The number of aromatic amines is 1. The molecule has 0 unspecified atom stereocenters. The van der Waals surface area contributed by atoms with Gasteiger partial charge >= 0.3 is 0 Å². The van der Waals surface area contributed by atoms with E-state index >= 15 is 0 Å². The second kappa shape index (κ2) is 9.69. The number of hydrogen-bond donors (Lipinski definition) is 2. The lowest BCUT2D eigenvalue weighted by molar-refractivity contribution is -0.134. The molecule has 182 valence electrons. The Bertz CT molecular complexity index is 1200. The molecule has 1 saturated heterocycles. The third kappa shape index (κ3) is 5.39. The Hall–Kier alpha value is -4.02. The number of nitrogens with zero attached hydrogens (tertiary/aromatic N) is 4. The van der Waals surface area contributed by atoms with Gasteiger partial charge in [-0.2, -0.15) is 5.10 Å². The number of aromatic nitrogens is 4. The van der Waals surface area contributed by atoms with E-state index in [2.05, 4.69) is 20.2 Å². The number of carbonyl (C=O) groups excluding carboxylic acids is 2. The SMILES string of the molecule is NC(=O)c1cc(-c2cn[nH]c2)cnc1O[C@H]1CCN(C(=O)Cc2ccc(OC3CC3)cn2)C[C@@H]1F. The van der Waals surface area contributed by atoms with Crippen LogP contribution < -0.4 is 15.2 Å². The van der Waals surface area contributed by atoms with Gasteiger partial charge in [-0.3, -0.25) is 19.7 Å². The Balaban J connectivity index is 1.19. The van der Waals surface area contributed by atoms with Crippen LogP contribution in [0, 0.1) is 0 Å². The van der Waals surface area contributed by atoms with Crippen LogP contribution in [0.25, 0.3) is 11.1 Å². The number of amides is 2. The second-order valence-electron chi connectivity index (χ2n) is 8.71. The number of hydrogen-bond acceptors (Lipinski definition) is 7. The Morgan fingerprint density at radius 3 is 2.63 bits per heavy atom. The molecule has 1 aliphatic heterocycles. The number of nitrogens with one attached hydrogen (secondary N) is 1. The number of rotatable bonds is 8. The predicted molar refractivity (Wildman–Crippen MR) is 122 cm³/mol. The summed E-state index contributed by atoms with van der Waals surface area (Å²) >= 11 is 0. The highest BCUT2D eigenvalue weighted by atomic mass is 19.1. The number of likely N-dealkylation sites (tertiary alicyclic amines) is 1. The highest BCUT2D eigenvalue weighted by Crippen LogP contribution is 2.28. The van der Waals surface area contributed by atoms with Gasteiger partial charge in [-0.15, -0.1) is 0 Å². The zero-order chi connectivity index (χ0) is 24.4. The van der Waals surface area contributed by atoms with Crippen LogP contribution in [0.5, 0.6) is 11.6 Å². The highest BCUT2D eigenvalue weighted by molar-refractivity contribution is 5.96. The maximum atomic E-state index is 15.0. The number of nitrogens with two attached hydrogens (primary N) is 1. The summed E-state index contributed by atoms with van der Waals surface area (Å²) in [6.45, 7) is 0.192. The summed E-state index contributed by atoms with van der Waals surface area (Å²) < 4.78 is 26.4. The van der Waals surface area contributed by atoms with Crippen molar-refractivity contribution in [3.05, 3.63) is 54.2 Å². The van der Waals surface area contributed by atoms with Crippen molar-refractivity contribution in [1.29, 1.82) is 0 Å². The smallest absolute Gasteiger partial charge is 0.254 e. The van der Waals surface area contributed by atoms with E-state index in [4.69, 9.17) is 15.2 Å². The summed E-state index contributed by atoms with van der Waals surface area (Å²) in [5.41, 5.74) is 7.50. The van der Waals surface area contributed by atoms with E-state index < -0.39 is 18.2 Å². The van der Waals surface area contributed by atoms with Gasteiger partial charge in [0.25, 0.3) is 5.91 Å². The van der Waals surface area contributed by atoms with Crippen molar-refractivity contribution in [2.45, 2.75) is 44.1 Å². The van der Waals surface area contributed by atoms with Gasteiger partial charge in [-0.25, -0.2) is 9.37 Å². The molecule has 2 atom stereocenters. The van der Waals surface area contributed by atoms with Crippen LogP contribution in [0.15, 0.2) is 43.0 Å². The van der Waals surface area contributed by atoms with Crippen LogP contribution in [0.1, 0.15) is 35.3 Å². The van der Waals surface area contributed by atoms with Crippen LogP contribution in [0.4, 0.5) is 4.39 Å². The van der Waals surface area contributed by atoms with Crippen LogP contribution in [0.2, 0.25) is 0 Å². The van der Waals surface area contributed by atoms with Crippen LogP contribution in [-0.4, -0.2) is 68.3 Å². The third-order valence-corrected chi connectivity index (χ3v) is 6.00. The Morgan fingerprint density at radius 2 is 1.97 bits per heavy atom. The topological polar surface area (TPSA) is 136 Å². The van der Waals surface area contributed by atoms with Crippen LogP contribution in [0.3, 0.4) is 0 Å². The molecule has 11 heteroatoms. The summed E-state index contributed by atoms with van der Waals surface area (Å²) in [6.07, 6.45) is 6.75. The van der Waals surface area contributed by atoms with E-state index in [-0.39, 0.29) is 42.8 Å². The number of alkyl halides is 1. The summed E-state index contributed by atoms with van der Waals surface area (Å²) in [5.74, 6) is -0.293. The standard InChI is InChI=1S/C24H25FN6O4/c25-20-13-31(22(32)8-16-1-2-18(12-27-16)34-17-3-4-17)6-5-21(20)35-24-19(23(26)33)7-14(9-28-24)15-10-29-30-11-15/h1-2,7,9-12,17,20-21H,3-6,8,13H2,(H2,26,33)(H,29,30)/t20-,21-/m0/s1. The molecule has 10 nitrogen and oxygen atoms in total. The van der Waals surface area contributed by atoms with Gasteiger partial charge in [-0.05, 0) is 31.0 Å². The molecule has 3 N–H and O–H groups in total. The average molecular weight is 481 g/mol. The van der Waals surface area contributed by atoms with Crippen molar-refractivity contribution in [1.82, 2.24) is 25.1 Å². The number of carbonyl (C=O) groups is 2. The largest absolute Gasteiger partial charge is 0.489 e. The minimum Gasteiger partial charge on any atom is -0.489 e. The lowest BCUT2D eigenvalue weighted by Gasteiger charge is -2.34. The van der Waals surface area contributed by atoms with Crippen molar-refractivity contribution in [2.24, 2.45) is 5.73 Å². The molecular formula is C24H25FN6O4. The first kappa shape index (κ1) is 22.8. The first-order chi connectivity index (χ1) is 17.0. The number of ether oxygens (including phenoxy) is 2. The van der Waals surface area contributed by atoms with E-state index in [1.807, 2.05) is 0 Å². The molecule has 0 aromatic carbocycles. The van der Waals surface area contributed by atoms with Gasteiger partial charge in [0, 0.05) is 42.2 Å². The Morgan fingerprint density at radius 1 is 1.11 bits per heavy atom. The van der Waals surface area contributed by atoms with Crippen molar-refractivity contribution >= 4 is 11.8 Å². The Kier molecular flexibility index (Phi) is 6.30. The maximum Gasteiger partial charge on any atom is 0.254 e. The molecule has 0 radical (unpaired) electrons. The summed E-state index contributed by atoms with van der Waals surface area (Å²) in [6, 6.07) is 5.09. The van der Waals surface area contributed by atoms with E-state index in [1.54, 1.807) is 30.7 Å². The molecule has 1 saturated carbocycles. The molecule has 3 aromatic heterocycles. The van der Waals surface area contributed by atoms with Gasteiger partial charge in [-0.1, -0.05) is 0 Å². The van der Waals surface area contributed by atoms with Gasteiger partial charge in [0.15, 0.2) is 6.17 Å². The first-order valence-corrected chi connectivity index (χ1v) is 11.5. The summed E-state index contributed by atoms with van der Waals surface area (Å²) in [4.78, 5) is 34.6. The molecule has 3 aromatic rings. The molecule has 0 spiro atoms. The molecule has 4 heterocycles. The van der Waals surface area contributed by atoms with Crippen molar-refractivity contribution < 1.29 is 23.5 Å². The number of pyridine rings is 2. The molecular weight excluding hydrogens is 455 g/mol. The fourth-order valence-electron chi connectivity index (χ4n) is 3.91. The molecule has 2 aliphatic rings. The van der Waals surface area contributed by atoms with Gasteiger partial charge in [0.05, 0.1) is 31.5 Å². The first-order valence-electron chi connectivity index (χ1n) is 11.5. The quantitative estimate of drug-likeness (QED) is 0.504. The van der Waals surface area contributed by atoms with E-state index in [0.29, 0.717) is 23.6 Å². The van der Waals surface area contributed by atoms with Gasteiger partial charge in [0.2, 0.25) is 11.8 Å². The van der Waals surface area contributed by atoms with E-state index in [9.17, 15) is 14.0 Å². The second-order valence-corrected chi connectivity index (χ2v) is 8.71. The molecule has 35 heavy (non-hydrogen) atoms. The minimum atomic E-state index is -1.45. The van der Waals surface area contributed by atoms with Gasteiger partial charge in [0.1, 0.15) is 17.4 Å². The fourth-order valence-corrected chi connectivity index (χ4v) is 3.91. The van der Waals surface area contributed by atoms with E-state index in [0.717, 1.165) is 18.4 Å². The summed E-state index contributed by atoms with van der Waals surface area (Å²) in [5, 5.41) is 6.56. The maximum absolute atomic E-state index is 15.0. The van der Waals surface area contributed by atoms with E-state index in [1.165, 1.54) is 17.2 Å². The van der Waals surface area contributed by atoms with Crippen molar-refractivity contribution in [3.63, 3.8) is 0 Å². The lowest BCUT2D eigenvalue weighted by Crippen LogP contribution is -2.49. The number of primary amides is 1. The summed E-state index contributed by atoms with van der Waals surface area (Å²) in [7, 11) is 0. The molecule has 2 amide bonds. The predicted octanol–water partition coefficient (Wildman–Crippen LogP) is 2.07. The van der Waals surface area contributed by atoms with Crippen LogP contribution >= 0.6 is 0 Å². The number of H-pyrrole nitrogens is 1. The lowest BCUT2D eigenvalue weighted by atomic mass is 10.0. The molecule has 1 aliphatic carbocycles. The zero-order valence-electron chi connectivity index (χ0n) is 18.9.